The number of carbonyl (C=O) groups is 2. The van der Waals surface area contributed by atoms with E-state index < -0.39 is 5.91 Å². The molecule has 2 aromatic carbocycles. The predicted octanol–water partition coefficient (Wildman–Crippen LogP) is 3.68. The number of rotatable bonds is 7. The maximum absolute atomic E-state index is 12.8. The van der Waals surface area contributed by atoms with Crippen LogP contribution in [0.4, 0.5) is 0 Å². The summed E-state index contributed by atoms with van der Waals surface area (Å²) in [5, 5.41) is 5.51. The van der Waals surface area contributed by atoms with Gasteiger partial charge in [0.15, 0.2) is 0 Å². The lowest BCUT2D eigenvalue weighted by Gasteiger charge is -2.12. The molecule has 0 aliphatic heterocycles. The third kappa shape index (κ3) is 5.35. The molecule has 6 nitrogen and oxygen atoms in total. The number of nitrogens with one attached hydrogen (secondary N) is 2. The first-order valence-corrected chi connectivity index (χ1v) is 9.10. The first kappa shape index (κ1) is 19.9. The second kappa shape index (κ2) is 9.41. The molecule has 3 rings (SSSR count). The first-order valence-electron chi connectivity index (χ1n) is 9.10. The molecular weight excluding hydrogens is 368 g/mol. The van der Waals surface area contributed by atoms with Gasteiger partial charge in [0, 0.05) is 18.2 Å². The lowest BCUT2D eigenvalue weighted by atomic mass is 10.1. The Balaban J connectivity index is 1.75. The summed E-state index contributed by atoms with van der Waals surface area (Å²) in [6, 6.07) is 18.0. The van der Waals surface area contributed by atoms with Gasteiger partial charge in [0.25, 0.3) is 11.8 Å². The Hall–Kier alpha value is -3.80. The number of carbonyl (C=O) groups excluding carboxylic acids is 2. The fourth-order valence-electron chi connectivity index (χ4n) is 2.71. The minimum Gasteiger partial charge on any atom is -0.497 e. The molecule has 0 unspecified atom stereocenters. The van der Waals surface area contributed by atoms with Crippen LogP contribution in [0.1, 0.15) is 27.2 Å². The Morgan fingerprint density at radius 3 is 2.45 bits per heavy atom. The molecule has 6 heteroatoms. The van der Waals surface area contributed by atoms with Crippen molar-refractivity contribution in [3.8, 4) is 5.75 Å². The summed E-state index contributed by atoms with van der Waals surface area (Å²) in [6.07, 6.45) is 3.00. The number of aryl methyl sites for hydroxylation is 1. The lowest BCUT2D eigenvalue weighted by molar-refractivity contribution is -0.117. The summed E-state index contributed by atoms with van der Waals surface area (Å²) >= 11 is 0. The number of furan rings is 1. The van der Waals surface area contributed by atoms with Crippen molar-refractivity contribution in [3.63, 3.8) is 0 Å². The molecule has 0 spiro atoms. The van der Waals surface area contributed by atoms with Gasteiger partial charge >= 0.3 is 0 Å². The molecule has 0 bridgehead atoms. The standard InChI is InChI=1S/C23H22N2O4/c1-16-6-3-4-8-20(16)22(26)25-21(14-19-7-5-13-29-19)23(27)24-15-17-9-11-18(28-2)12-10-17/h3-14H,15H2,1-2H3,(H,24,27)(H,25,26)/b21-14-. The molecule has 0 aliphatic carbocycles. The smallest absolute Gasteiger partial charge is 0.268 e. The van der Waals surface area contributed by atoms with E-state index in [1.807, 2.05) is 43.3 Å². The summed E-state index contributed by atoms with van der Waals surface area (Å²) in [5.41, 5.74) is 2.32. The number of ether oxygens (including phenoxy) is 1. The van der Waals surface area contributed by atoms with Crippen LogP contribution in [0.25, 0.3) is 6.08 Å². The van der Waals surface area contributed by atoms with Crippen molar-refractivity contribution in [2.75, 3.05) is 7.11 Å². The lowest BCUT2D eigenvalue weighted by Crippen LogP contribution is -2.34. The third-order valence-electron chi connectivity index (χ3n) is 4.32. The first-order chi connectivity index (χ1) is 14.1. The molecule has 0 radical (unpaired) electrons. The number of benzene rings is 2. The zero-order valence-corrected chi connectivity index (χ0v) is 16.3. The summed E-state index contributed by atoms with van der Waals surface area (Å²) in [7, 11) is 1.60. The van der Waals surface area contributed by atoms with Gasteiger partial charge in [-0.3, -0.25) is 9.59 Å². The molecule has 1 heterocycles. The normalized spacial score (nSPS) is 11.0. The van der Waals surface area contributed by atoms with Crippen LogP contribution in [-0.4, -0.2) is 18.9 Å². The van der Waals surface area contributed by atoms with Crippen LogP contribution < -0.4 is 15.4 Å². The van der Waals surface area contributed by atoms with Gasteiger partial charge in [0.2, 0.25) is 0 Å². The topological polar surface area (TPSA) is 80.6 Å². The van der Waals surface area contributed by atoms with E-state index in [0.717, 1.165) is 16.9 Å². The van der Waals surface area contributed by atoms with Gasteiger partial charge in [0.1, 0.15) is 17.2 Å². The second-order valence-corrected chi connectivity index (χ2v) is 6.37. The molecular formula is C23H22N2O4. The van der Waals surface area contributed by atoms with Gasteiger partial charge in [-0.25, -0.2) is 0 Å². The van der Waals surface area contributed by atoms with Crippen LogP contribution in [0.5, 0.6) is 5.75 Å². The molecule has 0 atom stereocenters. The van der Waals surface area contributed by atoms with Crippen molar-refractivity contribution >= 4 is 17.9 Å². The molecule has 0 saturated carbocycles. The van der Waals surface area contributed by atoms with Crippen molar-refractivity contribution in [2.45, 2.75) is 13.5 Å². The fourth-order valence-corrected chi connectivity index (χ4v) is 2.71. The highest BCUT2D eigenvalue weighted by Gasteiger charge is 2.16. The maximum atomic E-state index is 12.8. The monoisotopic (exact) mass is 390 g/mol. The largest absolute Gasteiger partial charge is 0.497 e. The van der Waals surface area contributed by atoms with Crippen LogP contribution in [0.3, 0.4) is 0 Å². The van der Waals surface area contributed by atoms with Crippen molar-refractivity contribution < 1.29 is 18.7 Å². The van der Waals surface area contributed by atoms with Gasteiger partial charge in [-0.1, -0.05) is 30.3 Å². The van der Waals surface area contributed by atoms with E-state index in [1.165, 1.54) is 12.3 Å². The van der Waals surface area contributed by atoms with Gasteiger partial charge in [-0.2, -0.15) is 0 Å². The summed E-state index contributed by atoms with van der Waals surface area (Å²) in [6.45, 7) is 2.15. The second-order valence-electron chi connectivity index (χ2n) is 6.37. The van der Waals surface area contributed by atoms with Gasteiger partial charge in [-0.05, 0) is 48.4 Å². The highest BCUT2D eigenvalue weighted by atomic mass is 16.5. The Morgan fingerprint density at radius 1 is 1.03 bits per heavy atom. The molecule has 0 saturated heterocycles. The number of methoxy groups -OCH3 is 1. The van der Waals surface area contributed by atoms with Crippen LogP contribution in [0.2, 0.25) is 0 Å². The number of amides is 2. The quantitative estimate of drug-likeness (QED) is 0.603. The summed E-state index contributed by atoms with van der Waals surface area (Å²) in [4.78, 5) is 25.4. The minimum absolute atomic E-state index is 0.0988. The number of hydrogen-bond acceptors (Lipinski definition) is 4. The Bertz CT molecular complexity index is 1010. The average molecular weight is 390 g/mol. The van der Waals surface area contributed by atoms with E-state index in [9.17, 15) is 9.59 Å². The van der Waals surface area contributed by atoms with E-state index in [-0.39, 0.29) is 11.6 Å². The third-order valence-corrected chi connectivity index (χ3v) is 4.32. The van der Waals surface area contributed by atoms with Crippen molar-refractivity contribution in [1.29, 1.82) is 0 Å². The van der Waals surface area contributed by atoms with E-state index in [0.29, 0.717) is 17.9 Å². The molecule has 29 heavy (non-hydrogen) atoms. The summed E-state index contributed by atoms with van der Waals surface area (Å²) < 4.78 is 10.4. The highest BCUT2D eigenvalue weighted by Crippen LogP contribution is 2.12. The Labute approximate surface area is 169 Å². The van der Waals surface area contributed by atoms with Crippen LogP contribution in [-0.2, 0) is 11.3 Å². The zero-order chi connectivity index (χ0) is 20.6. The minimum atomic E-state index is -0.417. The average Bonchev–Trinajstić information content (AvgIpc) is 3.25. The SMILES string of the molecule is COc1ccc(CNC(=O)/C(=C/c2ccco2)NC(=O)c2ccccc2C)cc1. The van der Waals surface area contributed by atoms with Crippen LogP contribution >= 0.6 is 0 Å². The Kier molecular flexibility index (Phi) is 6.47. The van der Waals surface area contributed by atoms with Crippen LogP contribution in [0, 0.1) is 6.92 Å². The maximum Gasteiger partial charge on any atom is 0.268 e. The molecule has 0 fully saturated rings. The molecule has 0 aliphatic rings. The number of hydrogen-bond donors (Lipinski definition) is 2. The van der Waals surface area contributed by atoms with Gasteiger partial charge in [0.05, 0.1) is 13.4 Å². The zero-order valence-electron chi connectivity index (χ0n) is 16.3. The molecule has 2 amide bonds. The highest BCUT2D eigenvalue weighted by molar-refractivity contribution is 6.05. The van der Waals surface area contributed by atoms with Crippen molar-refractivity contribution in [2.24, 2.45) is 0 Å². The van der Waals surface area contributed by atoms with E-state index in [4.69, 9.17) is 9.15 Å². The molecule has 1 aromatic heterocycles. The van der Waals surface area contributed by atoms with Gasteiger partial charge < -0.3 is 19.8 Å². The predicted molar refractivity (Wildman–Crippen MR) is 110 cm³/mol. The Morgan fingerprint density at radius 2 is 1.79 bits per heavy atom. The van der Waals surface area contributed by atoms with Crippen molar-refractivity contribution in [3.05, 3.63) is 95.1 Å². The van der Waals surface area contributed by atoms with E-state index in [2.05, 4.69) is 10.6 Å². The molecule has 2 N–H and O–H groups in total. The van der Waals surface area contributed by atoms with Crippen molar-refractivity contribution in [1.82, 2.24) is 10.6 Å². The fraction of sp³-hybridized carbons (Fsp3) is 0.130. The molecule has 3 aromatic rings. The van der Waals surface area contributed by atoms with E-state index in [1.54, 1.807) is 31.4 Å². The van der Waals surface area contributed by atoms with Crippen LogP contribution in [0.15, 0.2) is 77.0 Å². The van der Waals surface area contributed by atoms with Gasteiger partial charge in [-0.15, -0.1) is 0 Å². The van der Waals surface area contributed by atoms with E-state index >= 15 is 0 Å². The molecule has 148 valence electrons. The summed E-state index contributed by atoms with van der Waals surface area (Å²) in [5.74, 6) is 0.424.